The van der Waals surface area contributed by atoms with Crippen LogP contribution < -0.4 is 10.2 Å². The van der Waals surface area contributed by atoms with Gasteiger partial charge in [-0.25, -0.2) is 9.78 Å². The molecule has 3 aromatic rings. The fraction of sp³-hybridized carbons (Fsp3) is 0.286. The van der Waals surface area contributed by atoms with E-state index in [-0.39, 0.29) is 23.4 Å². The highest BCUT2D eigenvalue weighted by Crippen LogP contribution is 2.31. The number of nitro groups is 1. The van der Waals surface area contributed by atoms with Gasteiger partial charge in [0.15, 0.2) is 5.13 Å². The van der Waals surface area contributed by atoms with Gasteiger partial charge in [-0.05, 0) is 31.2 Å². The van der Waals surface area contributed by atoms with Crippen LogP contribution in [0.3, 0.4) is 0 Å². The third-order valence-electron chi connectivity index (χ3n) is 4.82. The normalized spacial score (nSPS) is 13.7. The second-order valence-electron chi connectivity index (χ2n) is 6.98. The molecule has 1 N–H and O–H groups in total. The molecule has 1 saturated heterocycles. The number of nitrogens with zero attached hydrogens (tertiary/aromatic N) is 3. The van der Waals surface area contributed by atoms with Crippen LogP contribution >= 0.6 is 11.3 Å². The molecule has 4 rings (SSSR count). The summed E-state index contributed by atoms with van der Waals surface area (Å²) in [4.78, 5) is 42.2. The van der Waals surface area contributed by atoms with Crippen molar-refractivity contribution in [2.45, 2.75) is 6.92 Å². The molecule has 1 aliphatic rings. The van der Waals surface area contributed by atoms with Crippen LogP contribution in [0.1, 0.15) is 27.6 Å². The summed E-state index contributed by atoms with van der Waals surface area (Å²) in [5.74, 6) is -1.30. The monoisotopic (exact) mass is 456 g/mol. The zero-order valence-corrected chi connectivity index (χ0v) is 18.0. The summed E-state index contributed by atoms with van der Waals surface area (Å²) in [5.41, 5.74) is 0.895. The van der Waals surface area contributed by atoms with E-state index < -0.39 is 16.8 Å². The molecule has 11 heteroatoms. The van der Waals surface area contributed by atoms with Crippen LogP contribution in [0.4, 0.5) is 16.5 Å². The number of carbonyl (C=O) groups is 2. The van der Waals surface area contributed by atoms with Crippen LogP contribution in [-0.4, -0.2) is 54.7 Å². The number of carbonyl (C=O) groups excluding carboxylic acids is 2. The smallest absolute Gasteiger partial charge is 0.338 e. The lowest BCUT2D eigenvalue weighted by Crippen LogP contribution is -2.36. The predicted octanol–water partition coefficient (Wildman–Crippen LogP) is 3.47. The van der Waals surface area contributed by atoms with Gasteiger partial charge in [0.25, 0.3) is 11.6 Å². The Morgan fingerprint density at radius 3 is 2.69 bits per heavy atom. The zero-order chi connectivity index (χ0) is 22.7. The molecule has 0 bridgehead atoms. The molecule has 1 fully saturated rings. The minimum atomic E-state index is -0.730. The summed E-state index contributed by atoms with van der Waals surface area (Å²) in [6, 6.07) is 8.82. The van der Waals surface area contributed by atoms with Gasteiger partial charge in [0.1, 0.15) is 0 Å². The van der Waals surface area contributed by atoms with Crippen LogP contribution in [0.25, 0.3) is 10.2 Å². The number of nitro benzene ring substituents is 1. The van der Waals surface area contributed by atoms with Gasteiger partial charge in [0.2, 0.25) is 0 Å². The molecule has 1 amide bonds. The van der Waals surface area contributed by atoms with E-state index in [0.29, 0.717) is 18.9 Å². The van der Waals surface area contributed by atoms with E-state index in [9.17, 15) is 19.7 Å². The van der Waals surface area contributed by atoms with Crippen molar-refractivity contribution >= 4 is 49.9 Å². The van der Waals surface area contributed by atoms with E-state index in [4.69, 9.17) is 9.47 Å². The minimum Gasteiger partial charge on any atom is -0.462 e. The van der Waals surface area contributed by atoms with Gasteiger partial charge in [-0.2, -0.15) is 0 Å². The average Bonchev–Trinajstić information content (AvgIpc) is 3.23. The maximum Gasteiger partial charge on any atom is 0.338 e. The molecular formula is C21H20N4O6S. The lowest BCUT2D eigenvalue weighted by Gasteiger charge is -2.25. The van der Waals surface area contributed by atoms with Gasteiger partial charge >= 0.3 is 5.97 Å². The van der Waals surface area contributed by atoms with Crippen LogP contribution in [0.15, 0.2) is 36.4 Å². The number of aromatic nitrogens is 1. The number of hydrogen-bond acceptors (Lipinski definition) is 9. The number of anilines is 2. The summed E-state index contributed by atoms with van der Waals surface area (Å²) in [6.45, 7) is 4.62. The fourth-order valence-electron chi connectivity index (χ4n) is 3.26. The molecule has 0 spiro atoms. The van der Waals surface area contributed by atoms with E-state index in [2.05, 4.69) is 15.2 Å². The van der Waals surface area contributed by atoms with Crippen LogP contribution in [-0.2, 0) is 9.47 Å². The number of thiazole rings is 1. The number of fused-ring (bicyclic) bond motifs is 1. The minimum absolute atomic E-state index is 0.0133. The Bertz CT molecular complexity index is 1190. The molecule has 10 nitrogen and oxygen atoms in total. The number of rotatable bonds is 6. The second-order valence-corrected chi connectivity index (χ2v) is 7.99. The molecule has 2 heterocycles. The van der Waals surface area contributed by atoms with E-state index in [1.165, 1.54) is 17.4 Å². The van der Waals surface area contributed by atoms with E-state index in [1.807, 2.05) is 6.07 Å². The SMILES string of the molecule is CCOC(=O)c1cc(C(=O)Nc2ccc3nc(N4CCOCC4)sc3c2)cc([N+](=O)[O-])c1. The number of non-ortho nitro benzene ring substituents is 1. The molecule has 0 radical (unpaired) electrons. The Labute approximate surface area is 186 Å². The van der Waals surface area contributed by atoms with E-state index in [0.717, 1.165) is 40.6 Å². The first-order valence-corrected chi connectivity index (χ1v) is 10.8. The van der Waals surface area contributed by atoms with Crippen molar-refractivity contribution in [3.63, 3.8) is 0 Å². The Balaban J connectivity index is 1.57. The topological polar surface area (TPSA) is 124 Å². The van der Waals surface area contributed by atoms with Gasteiger partial charge < -0.3 is 19.7 Å². The van der Waals surface area contributed by atoms with E-state index in [1.54, 1.807) is 19.1 Å². The summed E-state index contributed by atoms with van der Waals surface area (Å²) in [7, 11) is 0. The molecule has 0 unspecified atom stereocenters. The predicted molar refractivity (Wildman–Crippen MR) is 120 cm³/mol. The van der Waals surface area contributed by atoms with Gasteiger partial charge in [-0.3, -0.25) is 14.9 Å². The van der Waals surface area contributed by atoms with Gasteiger partial charge in [-0.1, -0.05) is 11.3 Å². The van der Waals surface area contributed by atoms with Crippen LogP contribution in [0.2, 0.25) is 0 Å². The number of benzene rings is 2. The first-order chi connectivity index (χ1) is 15.4. The molecule has 0 saturated carbocycles. The summed E-state index contributed by atoms with van der Waals surface area (Å²) < 4.78 is 11.2. The lowest BCUT2D eigenvalue weighted by atomic mass is 10.1. The number of hydrogen-bond donors (Lipinski definition) is 1. The van der Waals surface area contributed by atoms with Gasteiger partial charge in [-0.15, -0.1) is 0 Å². The van der Waals surface area contributed by atoms with Crippen molar-refractivity contribution in [3.05, 3.63) is 57.6 Å². The molecule has 32 heavy (non-hydrogen) atoms. The van der Waals surface area contributed by atoms with Crippen molar-refractivity contribution < 1.29 is 24.0 Å². The second kappa shape index (κ2) is 9.28. The van der Waals surface area contributed by atoms with Crippen molar-refractivity contribution in [2.24, 2.45) is 0 Å². The Kier molecular flexibility index (Phi) is 6.28. The molecular weight excluding hydrogens is 436 g/mol. The Morgan fingerprint density at radius 1 is 1.22 bits per heavy atom. The Morgan fingerprint density at radius 2 is 1.97 bits per heavy atom. The van der Waals surface area contributed by atoms with E-state index >= 15 is 0 Å². The molecule has 2 aromatic carbocycles. The Hall–Kier alpha value is -3.57. The summed E-state index contributed by atoms with van der Waals surface area (Å²) in [6.07, 6.45) is 0. The molecule has 1 aromatic heterocycles. The maximum absolute atomic E-state index is 12.8. The number of amides is 1. The standard InChI is InChI=1S/C21H20N4O6S/c1-2-31-20(27)14-9-13(10-16(11-14)25(28)29)19(26)22-15-3-4-17-18(12-15)32-21(23-17)24-5-7-30-8-6-24/h3-4,9-12H,2,5-8H2,1H3,(H,22,26). The number of ether oxygens (including phenoxy) is 2. The van der Waals surface area contributed by atoms with Gasteiger partial charge in [0, 0.05) is 36.5 Å². The van der Waals surface area contributed by atoms with Crippen LogP contribution in [0, 0.1) is 10.1 Å². The third-order valence-corrected chi connectivity index (χ3v) is 5.90. The highest BCUT2D eigenvalue weighted by atomic mass is 32.1. The summed E-state index contributed by atoms with van der Waals surface area (Å²) >= 11 is 1.52. The van der Waals surface area contributed by atoms with Gasteiger partial charge in [0.05, 0.1) is 40.5 Å². The lowest BCUT2D eigenvalue weighted by molar-refractivity contribution is -0.384. The fourth-order valence-corrected chi connectivity index (χ4v) is 4.32. The number of morpholine rings is 1. The average molecular weight is 456 g/mol. The summed E-state index contributed by atoms with van der Waals surface area (Å²) in [5, 5.41) is 14.9. The van der Waals surface area contributed by atoms with Crippen molar-refractivity contribution in [1.29, 1.82) is 0 Å². The highest BCUT2D eigenvalue weighted by molar-refractivity contribution is 7.22. The zero-order valence-electron chi connectivity index (χ0n) is 17.2. The first kappa shape index (κ1) is 21.7. The quantitative estimate of drug-likeness (QED) is 0.340. The third kappa shape index (κ3) is 4.68. The maximum atomic E-state index is 12.8. The van der Waals surface area contributed by atoms with Crippen molar-refractivity contribution in [2.75, 3.05) is 43.1 Å². The number of esters is 1. The molecule has 166 valence electrons. The molecule has 0 atom stereocenters. The first-order valence-electron chi connectivity index (χ1n) is 9.96. The molecule has 0 aliphatic carbocycles. The van der Waals surface area contributed by atoms with Crippen molar-refractivity contribution in [3.8, 4) is 0 Å². The molecule has 1 aliphatic heterocycles. The largest absolute Gasteiger partial charge is 0.462 e. The van der Waals surface area contributed by atoms with Crippen molar-refractivity contribution in [1.82, 2.24) is 4.98 Å². The number of nitrogens with one attached hydrogen (secondary N) is 1. The highest BCUT2D eigenvalue weighted by Gasteiger charge is 2.20. The van der Waals surface area contributed by atoms with Crippen LogP contribution in [0.5, 0.6) is 0 Å².